The summed E-state index contributed by atoms with van der Waals surface area (Å²) >= 11 is 3.32. The first kappa shape index (κ1) is 16.9. The zero-order valence-electron chi connectivity index (χ0n) is 12.1. The minimum Gasteiger partial charge on any atom is -0.207 e. The van der Waals surface area contributed by atoms with Gasteiger partial charge >= 0.3 is 0 Å². The molecule has 1 aliphatic rings. The van der Waals surface area contributed by atoms with E-state index in [1.54, 1.807) is 23.1 Å². The third kappa shape index (κ3) is 3.45. The molecule has 0 aliphatic carbocycles. The van der Waals surface area contributed by atoms with Gasteiger partial charge in [-0.25, -0.2) is 17.2 Å². The van der Waals surface area contributed by atoms with Gasteiger partial charge in [0, 0.05) is 29.0 Å². The molecule has 0 radical (unpaired) electrons. The fourth-order valence-electron chi connectivity index (χ4n) is 2.55. The third-order valence-electron chi connectivity index (χ3n) is 3.68. The molecule has 124 valence electrons. The third-order valence-corrected chi connectivity index (χ3v) is 8.07. The fourth-order valence-corrected chi connectivity index (χ4v) is 6.47. The Bertz CT molecular complexity index is 758. The van der Waals surface area contributed by atoms with Crippen LogP contribution in [0.1, 0.15) is 16.5 Å². The van der Waals surface area contributed by atoms with Crippen molar-refractivity contribution in [1.29, 1.82) is 0 Å². The Hall–Kier alpha value is -0.960. The van der Waals surface area contributed by atoms with Gasteiger partial charge in [-0.3, -0.25) is 0 Å². The number of hydrogen-bond acceptors (Lipinski definition) is 4. The number of sulfonamides is 1. The largest absolute Gasteiger partial charge is 0.248 e. The molecule has 1 fully saturated rings. The summed E-state index contributed by atoms with van der Waals surface area (Å²) in [4.78, 5) is 0.353. The minimum atomic E-state index is -4.17. The SMILES string of the molecule is O=S(=O)(c1c(F)cccc1F)N1CCS[C@@H](c2cccs2)CC1. The number of rotatable bonds is 3. The Morgan fingerprint density at radius 2 is 1.83 bits per heavy atom. The van der Waals surface area contributed by atoms with Crippen LogP contribution >= 0.6 is 23.1 Å². The van der Waals surface area contributed by atoms with Crippen LogP contribution in [0.2, 0.25) is 0 Å². The number of thiophene rings is 1. The lowest BCUT2D eigenvalue weighted by molar-refractivity contribution is 0.417. The number of benzene rings is 1. The maximum absolute atomic E-state index is 13.9. The summed E-state index contributed by atoms with van der Waals surface area (Å²) in [5.74, 6) is -1.49. The zero-order valence-corrected chi connectivity index (χ0v) is 14.6. The van der Waals surface area contributed by atoms with Crippen molar-refractivity contribution in [2.24, 2.45) is 0 Å². The lowest BCUT2D eigenvalue weighted by Crippen LogP contribution is -2.34. The van der Waals surface area contributed by atoms with Gasteiger partial charge in [0.1, 0.15) is 11.6 Å². The van der Waals surface area contributed by atoms with Gasteiger partial charge < -0.3 is 0 Å². The number of halogens is 2. The van der Waals surface area contributed by atoms with E-state index >= 15 is 0 Å². The van der Waals surface area contributed by atoms with Gasteiger partial charge in [0.05, 0.1) is 0 Å². The Kier molecular flexibility index (Phi) is 5.05. The lowest BCUT2D eigenvalue weighted by atomic mass is 10.2. The second-order valence-electron chi connectivity index (χ2n) is 5.12. The molecule has 8 heteroatoms. The predicted octanol–water partition coefficient (Wildman–Crippen LogP) is 3.90. The van der Waals surface area contributed by atoms with E-state index in [9.17, 15) is 17.2 Å². The van der Waals surface area contributed by atoms with Crippen molar-refractivity contribution in [1.82, 2.24) is 4.31 Å². The summed E-state index contributed by atoms with van der Waals surface area (Å²) in [7, 11) is -4.17. The van der Waals surface area contributed by atoms with Gasteiger partial charge in [0.25, 0.3) is 0 Å². The molecular formula is C15H15F2NO2S3. The molecule has 1 aliphatic heterocycles. The molecule has 3 rings (SSSR count). The Morgan fingerprint density at radius 1 is 1.09 bits per heavy atom. The zero-order chi connectivity index (χ0) is 16.4. The van der Waals surface area contributed by atoms with Gasteiger partial charge in [-0.2, -0.15) is 16.1 Å². The van der Waals surface area contributed by atoms with Gasteiger partial charge in [-0.15, -0.1) is 11.3 Å². The predicted molar refractivity (Wildman–Crippen MR) is 89.3 cm³/mol. The molecule has 23 heavy (non-hydrogen) atoms. The normalized spacial score (nSPS) is 20.3. The standard InChI is InChI=1S/C15H15F2NO2S3/c16-11-3-1-4-12(17)15(11)23(19,20)18-7-6-14(22-10-8-18)13-5-2-9-21-13/h1-5,9,14H,6-8,10H2/t14-/m1/s1. The smallest absolute Gasteiger partial charge is 0.207 e. The highest BCUT2D eigenvalue weighted by atomic mass is 32.2. The summed E-state index contributed by atoms with van der Waals surface area (Å²) in [6, 6.07) is 7.10. The fraction of sp³-hybridized carbons (Fsp3) is 0.333. The summed E-state index contributed by atoms with van der Waals surface area (Å²) < 4.78 is 54.1. The van der Waals surface area contributed by atoms with E-state index in [0.717, 1.165) is 18.2 Å². The lowest BCUT2D eigenvalue weighted by Gasteiger charge is -2.20. The van der Waals surface area contributed by atoms with Crippen LogP contribution in [0.4, 0.5) is 8.78 Å². The maximum atomic E-state index is 13.9. The number of hydrogen-bond donors (Lipinski definition) is 0. The van der Waals surface area contributed by atoms with Crippen molar-refractivity contribution in [3.05, 3.63) is 52.2 Å². The highest BCUT2D eigenvalue weighted by Gasteiger charge is 2.32. The Morgan fingerprint density at radius 3 is 2.48 bits per heavy atom. The van der Waals surface area contributed by atoms with Crippen molar-refractivity contribution >= 4 is 33.1 Å². The van der Waals surface area contributed by atoms with Crippen LogP contribution in [0.3, 0.4) is 0 Å². The Labute approximate surface area is 142 Å². The van der Waals surface area contributed by atoms with E-state index in [1.807, 2.05) is 17.5 Å². The molecule has 0 saturated carbocycles. The first-order valence-corrected chi connectivity index (χ1v) is 10.5. The second-order valence-corrected chi connectivity index (χ2v) is 9.28. The first-order valence-electron chi connectivity index (χ1n) is 7.09. The maximum Gasteiger partial charge on any atom is 0.248 e. The van der Waals surface area contributed by atoms with Gasteiger partial charge in [0.2, 0.25) is 10.0 Å². The molecule has 1 aromatic carbocycles. The Balaban J connectivity index is 1.84. The molecule has 1 saturated heterocycles. The highest BCUT2D eigenvalue weighted by Crippen LogP contribution is 2.38. The van der Waals surface area contributed by atoms with Gasteiger partial charge in [-0.1, -0.05) is 12.1 Å². The van der Waals surface area contributed by atoms with Crippen molar-refractivity contribution in [3.8, 4) is 0 Å². The molecular weight excluding hydrogens is 360 g/mol. The molecule has 0 unspecified atom stereocenters. The monoisotopic (exact) mass is 375 g/mol. The molecule has 0 N–H and O–H groups in total. The molecule has 2 aromatic rings. The van der Waals surface area contributed by atoms with Crippen LogP contribution in [0.25, 0.3) is 0 Å². The van der Waals surface area contributed by atoms with E-state index in [-0.39, 0.29) is 18.3 Å². The van der Waals surface area contributed by atoms with Crippen molar-refractivity contribution in [2.45, 2.75) is 16.6 Å². The van der Waals surface area contributed by atoms with E-state index in [2.05, 4.69) is 0 Å². The topological polar surface area (TPSA) is 37.4 Å². The minimum absolute atomic E-state index is 0.223. The average molecular weight is 375 g/mol. The first-order chi connectivity index (χ1) is 11.0. The van der Waals surface area contributed by atoms with Crippen molar-refractivity contribution in [3.63, 3.8) is 0 Å². The van der Waals surface area contributed by atoms with Crippen molar-refractivity contribution < 1.29 is 17.2 Å². The average Bonchev–Trinajstić information content (AvgIpc) is 2.91. The molecule has 0 amide bonds. The van der Waals surface area contributed by atoms with E-state index in [0.29, 0.717) is 12.2 Å². The molecule has 2 heterocycles. The summed E-state index contributed by atoms with van der Waals surface area (Å²) in [5.41, 5.74) is 0. The van der Waals surface area contributed by atoms with Gasteiger partial charge in [-0.05, 0) is 30.0 Å². The quantitative estimate of drug-likeness (QED) is 0.817. The van der Waals surface area contributed by atoms with Gasteiger partial charge in [0.15, 0.2) is 4.90 Å². The molecule has 0 bridgehead atoms. The molecule has 1 atom stereocenters. The summed E-state index contributed by atoms with van der Waals surface area (Å²) in [6.45, 7) is 0.508. The van der Waals surface area contributed by atoms with Crippen LogP contribution < -0.4 is 0 Å². The molecule has 3 nitrogen and oxygen atoms in total. The van der Waals surface area contributed by atoms with Crippen molar-refractivity contribution in [2.75, 3.05) is 18.8 Å². The number of thioether (sulfide) groups is 1. The highest BCUT2D eigenvalue weighted by molar-refractivity contribution is 7.99. The molecule has 1 aromatic heterocycles. The molecule has 0 spiro atoms. The van der Waals surface area contributed by atoms with Crippen LogP contribution in [0.5, 0.6) is 0 Å². The van der Waals surface area contributed by atoms with Crippen LogP contribution in [-0.2, 0) is 10.0 Å². The van der Waals surface area contributed by atoms with Crippen LogP contribution in [0, 0.1) is 11.6 Å². The second kappa shape index (κ2) is 6.88. The van der Waals surface area contributed by atoms with Crippen LogP contribution in [-0.4, -0.2) is 31.6 Å². The number of nitrogens with zero attached hydrogens (tertiary/aromatic N) is 1. The van der Waals surface area contributed by atoms with E-state index < -0.39 is 26.6 Å². The summed E-state index contributed by atoms with van der Waals surface area (Å²) in [5, 5.41) is 2.21. The van der Waals surface area contributed by atoms with E-state index in [1.165, 1.54) is 9.18 Å². The van der Waals surface area contributed by atoms with E-state index in [4.69, 9.17) is 0 Å². The summed E-state index contributed by atoms with van der Waals surface area (Å²) in [6.07, 6.45) is 0.625. The van der Waals surface area contributed by atoms with Crippen LogP contribution in [0.15, 0.2) is 40.6 Å².